The lowest BCUT2D eigenvalue weighted by Crippen LogP contribution is -2.45. The van der Waals surface area contributed by atoms with Crippen LogP contribution in [0.5, 0.6) is 0 Å². The van der Waals surface area contributed by atoms with Crippen LogP contribution < -0.4 is 10.5 Å². The second-order valence-corrected chi connectivity index (χ2v) is 8.27. The normalized spacial score (nSPS) is 21.8. The third-order valence-corrected chi connectivity index (χ3v) is 6.29. The van der Waals surface area contributed by atoms with Crippen LogP contribution >= 0.6 is 11.3 Å². The van der Waals surface area contributed by atoms with Crippen molar-refractivity contribution in [2.75, 3.05) is 31.1 Å². The summed E-state index contributed by atoms with van der Waals surface area (Å²) in [4.78, 5) is 34.3. The molecule has 0 aliphatic carbocycles. The number of anilines is 1. The van der Waals surface area contributed by atoms with Gasteiger partial charge in [-0.1, -0.05) is 24.2 Å². The van der Waals surface area contributed by atoms with E-state index < -0.39 is 0 Å². The van der Waals surface area contributed by atoms with Crippen LogP contribution in [-0.2, 0) is 4.79 Å². The molecule has 4 heterocycles. The molecule has 2 fully saturated rings. The Morgan fingerprint density at radius 3 is 2.69 bits per heavy atom. The van der Waals surface area contributed by atoms with Crippen molar-refractivity contribution in [3.63, 3.8) is 0 Å². The number of carbonyl (C=O) groups is 1. The Kier molecular flexibility index (Phi) is 4.93. The maximum Gasteiger partial charge on any atom is 0.275 e. The van der Waals surface area contributed by atoms with E-state index in [1.54, 1.807) is 0 Å². The summed E-state index contributed by atoms with van der Waals surface area (Å²) in [6.07, 6.45) is 6.61. The third kappa shape index (κ3) is 3.47. The van der Waals surface area contributed by atoms with Gasteiger partial charge in [-0.3, -0.25) is 9.59 Å². The molecule has 7 nitrogen and oxygen atoms in total. The fraction of sp³-hybridized carbons (Fsp3) is 0.667. The lowest BCUT2D eigenvalue weighted by atomic mass is 9.96. The Balaban J connectivity index is 1.52. The molecule has 4 rings (SSSR count). The largest absolute Gasteiger partial charge is 0.346 e. The van der Waals surface area contributed by atoms with Gasteiger partial charge in [0.05, 0.1) is 5.92 Å². The molecule has 1 amide bonds. The SMILES string of the molecule is Cc1cc(=O)n2nc(N3CCCC(C(=O)N4CCCCCC4)C3)sc2n1. The van der Waals surface area contributed by atoms with Crippen molar-refractivity contribution in [2.24, 2.45) is 5.92 Å². The molecule has 2 aliphatic rings. The molecule has 0 radical (unpaired) electrons. The summed E-state index contributed by atoms with van der Waals surface area (Å²) in [6.45, 7) is 5.17. The van der Waals surface area contributed by atoms with Gasteiger partial charge in [0, 0.05) is 37.9 Å². The summed E-state index contributed by atoms with van der Waals surface area (Å²) in [7, 11) is 0. The van der Waals surface area contributed by atoms with Crippen molar-refractivity contribution >= 4 is 27.3 Å². The highest BCUT2D eigenvalue weighted by Crippen LogP contribution is 2.28. The van der Waals surface area contributed by atoms with Gasteiger partial charge in [-0.2, -0.15) is 4.52 Å². The van der Waals surface area contributed by atoms with Gasteiger partial charge in [-0.25, -0.2) is 4.98 Å². The molecule has 2 aromatic rings. The van der Waals surface area contributed by atoms with Crippen LogP contribution in [-0.4, -0.2) is 51.6 Å². The fourth-order valence-electron chi connectivity index (χ4n) is 3.94. The topological polar surface area (TPSA) is 70.8 Å². The van der Waals surface area contributed by atoms with E-state index in [-0.39, 0.29) is 11.5 Å². The molecule has 8 heteroatoms. The Morgan fingerprint density at radius 1 is 1.15 bits per heavy atom. The van der Waals surface area contributed by atoms with E-state index in [4.69, 9.17) is 0 Å². The number of rotatable bonds is 2. The first-order valence-electron chi connectivity index (χ1n) is 9.53. The van der Waals surface area contributed by atoms with Crippen LogP contribution in [0.2, 0.25) is 0 Å². The standard InChI is InChI=1S/C18H25N5O2S/c1-13-11-15(24)23-17(19-13)26-18(20-23)22-10-6-7-14(12-22)16(25)21-8-4-2-3-5-9-21/h11,14H,2-10,12H2,1H3. The number of hydrogen-bond donors (Lipinski definition) is 0. The van der Waals surface area contributed by atoms with Crippen molar-refractivity contribution in [1.29, 1.82) is 0 Å². The summed E-state index contributed by atoms with van der Waals surface area (Å²) in [6, 6.07) is 1.50. The van der Waals surface area contributed by atoms with Crippen LogP contribution in [0.3, 0.4) is 0 Å². The minimum atomic E-state index is -0.149. The maximum atomic E-state index is 13.0. The van der Waals surface area contributed by atoms with Crippen molar-refractivity contribution in [3.8, 4) is 0 Å². The predicted octanol–water partition coefficient (Wildman–Crippen LogP) is 2.08. The Labute approximate surface area is 156 Å². The highest BCUT2D eigenvalue weighted by molar-refractivity contribution is 7.20. The molecule has 2 aromatic heterocycles. The highest BCUT2D eigenvalue weighted by atomic mass is 32.1. The second-order valence-electron chi connectivity index (χ2n) is 7.34. The zero-order chi connectivity index (χ0) is 18.1. The number of fused-ring (bicyclic) bond motifs is 1. The average molecular weight is 375 g/mol. The van der Waals surface area contributed by atoms with E-state index in [2.05, 4.69) is 19.9 Å². The Morgan fingerprint density at radius 2 is 1.92 bits per heavy atom. The molecule has 0 N–H and O–H groups in total. The molecule has 0 bridgehead atoms. The molecule has 2 saturated heterocycles. The summed E-state index contributed by atoms with van der Waals surface area (Å²) in [5.41, 5.74) is 0.558. The second kappa shape index (κ2) is 7.34. The zero-order valence-corrected chi connectivity index (χ0v) is 16.0. The summed E-state index contributed by atoms with van der Waals surface area (Å²) in [5, 5.41) is 5.25. The molecule has 26 heavy (non-hydrogen) atoms. The van der Waals surface area contributed by atoms with Gasteiger partial charge in [-0.05, 0) is 32.6 Å². The number of carbonyl (C=O) groups excluding carboxylic acids is 1. The molecule has 140 valence electrons. The first-order chi connectivity index (χ1) is 12.6. The molecule has 0 saturated carbocycles. The predicted molar refractivity (Wildman–Crippen MR) is 102 cm³/mol. The minimum Gasteiger partial charge on any atom is -0.346 e. The summed E-state index contributed by atoms with van der Waals surface area (Å²) < 4.78 is 1.37. The van der Waals surface area contributed by atoms with Crippen LogP contribution in [0.15, 0.2) is 10.9 Å². The first-order valence-corrected chi connectivity index (χ1v) is 10.3. The molecule has 1 atom stereocenters. The Hall–Kier alpha value is -1.96. The third-order valence-electron chi connectivity index (χ3n) is 5.32. The van der Waals surface area contributed by atoms with E-state index in [1.165, 1.54) is 34.8 Å². The number of likely N-dealkylation sites (tertiary alicyclic amines) is 1. The van der Waals surface area contributed by atoms with Crippen molar-refractivity contribution < 1.29 is 4.79 Å². The van der Waals surface area contributed by atoms with Gasteiger partial charge < -0.3 is 9.80 Å². The maximum absolute atomic E-state index is 13.0. The van der Waals surface area contributed by atoms with E-state index in [0.717, 1.165) is 50.4 Å². The Bertz CT molecular complexity index is 853. The molecule has 1 unspecified atom stereocenters. The van der Waals surface area contributed by atoms with Gasteiger partial charge >= 0.3 is 0 Å². The molecule has 0 aromatic carbocycles. The van der Waals surface area contributed by atoms with Crippen LogP contribution in [0.1, 0.15) is 44.2 Å². The van der Waals surface area contributed by atoms with E-state index in [9.17, 15) is 9.59 Å². The number of amides is 1. The van der Waals surface area contributed by atoms with E-state index in [1.807, 2.05) is 6.92 Å². The van der Waals surface area contributed by atoms with E-state index >= 15 is 0 Å². The van der Waals surface area contributed by atoms with Crippen LogP contribution in [0.25, 0.3) is 4.96 Å². The van der Waals surface area contributed by atoms with E-state index in [0.29, 0.717) is 23.1 Å². The number of hydrogen-bond acceptors (Lipinski definition) is 6. The average Bonchev–Trinajstić information content (AvgIpc) is 2.88. The van der Waals surface area contributed by atoms with Crippen LogP contribution in [0.4, 0.5) is 5.13 Å². The van der Waals surface area contributed by atoms with Crippen LogP contribution in [0, 0.1) is 12.8 Å². The summed E-state index contributed by atoms with van der Waals surface area (Å²) >= 11 is 1.43. The zero-order valence-electron chi connectivity index (χ0n) is 15.2. The first kappa shape index (κ1) is 17.5. The lowest BCUT2D eigenvalue weighted by Gasteiger charge is -2.34. The molecule has 2 aliphatic heterocycles. The number of piperidine rings is 1. The number of nitrogens with zero attached hydrogens (tertiary/aromatic N) is 5. The minimum absolute atomic E-state index is 0.0280. The monoisotopic (exact) mass is 375 g/mol. The summed E-state index contributed by atoms with van der Waals surface area (Å²) in [5.74, 6) is 0.323. The van der Waals surface area contributed by atoms with Gasteiger partial charge in [0.2, 0.25) is 16.0 Å². The quantitative estimate of drug-likeness (QED) is 0.804. The van der Waals surface area contributed by atoms with Crippen molar-refractivity contribution in [2.45, 2.75) is 45.4 Å². The number of aromatic nitrogens is 3. The molecular formula is C18H25N5O2S. The smallest absolute Gasteiger partial charge is 0.275 e. The molecular weight excluding hydrogens is 350 g/mol. The van der Waals surface area contributed by atoms with Gasteiger partial charge in [0.25, 0.3) is 5.56 Å². The molecule has 0 spiro atoms. The van der Waals surface area contributed by atoms with Crippen molar-refractivity contribution in [1.82, 2.24) is 19.5 Å². The van der Waals surface area contributed by atoms with Gasteiger partial charge in [0.1, 0.15) is 0 Å². The lowest BCUT2D eigenvalue weighted by molar-refractivity contribution is -0.135. The highest BCUT2D eigenvalue weighted by Gasteiger charge is 2.31. The fourth-order valence-corrected chi connectivity index (χ4v) is 4.93. The number of aryl methyl sites for hydroxylation is 1. The van der Waals surface area contributed by atoms with Crippen molar-refractivity contribution in [3.05, 3.63) is 22.1 Å². The van der Waals surface area contributed by atoms with Gasteiger partial charge in [0.15, 0.2) is 0 Å². The van der Waals surface area contributed by atoms with Gasteiger partial charge in [-0.15, -0.1) is 5.10 Å².